The van der Waals surface area contributed by atoms with E-state index < -0.39 is 0 Å². The van der Waals surface area contributed by atoms with Crippen molar-refractivity contribution in [1.82, 2.24) is 10.2 Å². The van der Waals surface area contributed by atoms with E-state index in [2.05, 4.69) is 5.32 Å². The minimum atomic E-state index is -0.258. The number of amides is 2. The first kappa shape index (κ1) is 17.9. The van der Waals surface area contributed by atoms with Crippen molar-refractivity contribution in [1.29, 1.82) is 0 Å². The number of rotatable bonds is 8. The summed E-state index contributed by atoms with van der Waals surface area (Å²) in [5.74, 6) is 0.921. The third kappa shape index (κ3) is 5.96. The molecule has 1 N–H and O–H groups in total. The average molecular weight is 351 g/mol. The summed E-state index contributed by atoms with van der Waals surface area (Å²) in [6.07, 6.45) is 1.56. The molecule has 1 heterocycles. The zero-order valence-electron chi connectivity index (χ0n) is 13.3. The maximum absolute atomic E-state index is 11.8. The second-order valence-electron chi connectivity index (χ2n) is 5.11. The summed E-state index contributed by atoms with van der Waals surface area (Å²) < 4.78 is 10.6. The first-order chi connectivity index (χ1) is 11.5. The van der Waals surface area contributed by atoms with E-state index in [9.17, 15) is 9.59 Å². The summed E-state index contributed by atoms with van der Waals surface area (Å²) in [6.45, 7) is 2.49. The molecule has 7 heteroatoms. The predicted octanol–water partition coefficient (Wildman–Crippen LogP) is 2.48. The lowest BCUT2D eigenvalue weighted by Crippen LogP contribution is -2.38. The molecule has 0 fully saturated rings. The Morgan fingerprint density at radius 1 is 1.25 bits per heavy atom. The summed E-state index contributed by atoms with van der Waals surface area (Å²) >= 11 is 5.78. The minimum absolute atomic E-state index is 0.0851. The van der Waals surface area contributed by atoms with Crippen LogP contribution >= 0.6 is 11.6 Å². The van der Waals surface area contributed by atoms with E-state index in [1.807, 2.05) is 0 Å². The fraction of sp³-hybridized carbons (Fsp3) is 0.294. The molecule has 1 aromatic heterocycles. The first-order valence-corrected chi connectivity index (χ1v) is 7.85. The topological polar surface area (TPSA) is 71.8 Å². The normalized spacial score (nSPS) is 10.2. The van der Waals surface area contributed by atoms with E-state index in [1.54, 1.807) is 47.6 Å². The van der Waals surface area contributed by atoms with Crippen molar-refractivity contribution in [3.63, 3.8) is 0 Å². The molecular formula is C17H19ClN2O4. The molecule has 128 valence electrons. The number of carbonyl (C=O) groups is 2. The van der Waals surface area contributed by atoms with Gasteiger partial charge < -0.3 is 19.4 Å². The Labute approximate surface area is 145 Å². The molecule has 0 radical (unpaired) electrons. The van der Waals surface area contributed by atoms with Crippen LogP contribution < -0.4 is 10.1 Å². The number of carbonyl (C=O) groups excluding carboxylic acids is 2. The average Bonchev–Trinajstić information content (AvgIpc) is 3.06. The van der Waals surface area contributed by atoms with Crippen molar-refractivity contribution >= 4 is 23.4 Å². The van der Waals surface area contributed by atoms with Crippen molar-refractivity contribution in [3.8, 4) is 5.75 Å². The van der Waals surface area contributed by atoms with Crippen LogP contribution in [0, 0.1) is 0 Å². The lowest BCUT2D eigenvalue weighted by Gasteiger charge is -2.20. The van der Waals surface area contributed by atoms with E-state index in [0.717, 1.165) is 0 Å². The fourth-order valence-corrected chi connectivity index (χ4v) is 2.13. The van der Waals surface area contributed by atoms with Crippen molar-refractivity contribution in [3.05, 3.63) is 53.4 Å². The molecule has 1 aromatic carbocycles. The van der Waals surface area contributed by atoms with Gasteiger partial charge in [0.15, 0.2) is 6.61 Å². The predicted molar refractivity (Wildman–Crippen MR) is 89.8 cm³/mol. The van der Waals surface area contributed by atoms with Gasteiger partial charge >= 0.3 is 0 Å². The maximum atomic E-state index is 11.8. The molecular weight excluding hydrogens is 332 g/mol. The molecule has 0 aliphatic heterocycles. The number of hydrogen-bond donors (Lipinski definition) is 1. The SMILES string of the molecule is CC(=O)N(CCNC(=O)COc1ccc(Cl)cc1)Cc1ccco1. The standard InChI is InChI=1S/C17H19ClN2O4/c1-13(21)20(11-16-3-2-10-23-16)9-8-19-17(22)12-24-15-6-4-14(18)5-7-15/h2-7,10H,8-9,11-12H2,1H3,(H,19,22). The Morgan fingerprint density at radius 3 is 2.62 bits per heavy atom. The quantitative estimate of drug-likeness (QED) is 0.794. The summed E-state index contributed by atoms with van der Waals surface area (Å²) in [5, 5.41) is 3.32. The molecule has 0 aliphatic rings. The van der Waals surface area contributed by atoms with Crippen molar-refractivity contribution < 1.29 is 18.7 Å². The molecule has 0 spiro atoms. The van der Waals surface area contributed by atoms with Gasteiger partial charge in [-0.1, -0.05) is 11.6 Å². The molecule has 0 atom stereocenters. The first-order valence-electron chi connectivity index (χ1n) is 7.47. The minimum Gasteiger partial charge on any atom is -0.484 e. The van der Waals surface area contributed by atoms with Gasteiger partial charge in [0, 0.05) is 25.0 Å². The van der Waals surface area contributed by atoms with Gasteiger partial charge in [0.1, 0.15) is 11.5 Å². The highest BCUT2D eigenvalue weighted by atomic mass is 35.5. The van der Waals surface area contributed by atoms with Crippen LogP contribution in [0.15, 0.2) is 47.1 Å². The third-order valence-corrected chi connectivity index (χ3v) is 3.51. The van der Waals surface area contributed by atoms with Gasteiger partial charge in [0.2, 0.25) is 5.91 Å². The second-order valence-corrected chi connectivity index (χ2v) is 5.55. The van der Waals surface area contributed by atoms with Gasteiger partial charge in [0.05, 0.1) is 12.8 Å². The molecule has 0 saturated heterocycles. The van der Waals surface area contributed by atoms with Gasteiger partial charge in [-0.05, 0) is 36.4 Å². The Morgan fingerprint density at radius 2 is 2.00 bits per heavy atom. The van der Waals surface area contributed by atoms with E-state index >= 15 is 0 Å². The van der Waals surface area contributed by atoms with Gasteiger partial charge in [-0.25, -0.2) is 0 Å². The molecule has 2 aromatic rings. The summed E-state index contributed by atoms with van der Waals surface area (Å²) in [5.41, 5.74) is 0. The number of benzene rings is 1. The lowest BCUT2D eigenvalue weighted by molar-refractivity contribution is -0.130. The second kappa shape index (κ2) is 8.98. The van der Waals surface area contributed by atoms with Gasteiger partial charge in [0.25, 0.3) is 5.91 Å². The molecule has 6 nitrogen and oxygen atoms in total. The molecule has 0 unspecified atom stereocenters. The number of nitrogens with zero attached hydrogens (tertiary/aromatic N) is 1. The van der Waals surface area contributed by atoms with Crippen LogP contribution in [-0.2, 0) is 16.1 Å². The summed E-state index contributed by atoms with van der Waals surface area (Å²) in [6, 6.07) is 10.3. The van der Waals surface area contributed by atoms with Crippen LogP contribution in [0.5, 0.6) is 5.75 Å². The van der Waals surface area contributed by atoms with E-state index in [-0.39, 0.29) is 18.4 Å². The van der Waals surface area contributed by atoms with Gasteiger partial charge in [-0.15, -0.1) is 0 Å². The zero-order chi connectivity index (χ0) is 17.4. The van der Waals surface area contributed by atoms with Crippen LogP contribution in [0.25, 0.3) is 0 Å². The molecule has 0 saturated carbocycles. The number of nitrogens with one attached hydrogen (secondary N) is 1. The Bertz CT molecular complexity index is 656. The monoisotopic (exact) mass is 350 g/mol. The Balaban J connectivity index is 1.70. The third-order valence-electron chi connectivity index (χ3n) is 3.26. The zero-order valence-corrected chi connectivity index (χ0v) is 14.1. The van der Waals surface area contributed by atoms with Crippen molar-refractivity contribution in [2.24, 2.45) is 0 Å². The number of furan rings is 1. The van der Waals surface area contributed by atoms with Crippen molar-refractivity contribution in [2.75, 3.05) is 19.7 Å². The summed E-state index contributed by atoms with van der Waals surface area (Å²) in [7, 11) is 0. The van der Waals surface area contributed by atoms with Gasteiger partial charge in [-0.2, -0.15) is 0 Å². The van der Waals surface area contributed by atoms with E-state index in [0.29, 0.717) is 36.2 Å². The Kier molecular flexibility index (Phi) is 6.69. The summed E-state index contributed by atoms with van der Waals surface area (Å²) in [4.78, 5) is 25.0. The number of halogens is 1. The molecule has 2 amide bonds. The Hall–Kier alpha value is -2.47. The lowest BCUT2D eigenvalue weighted by atomic mass is 10.3. The van der Waals surface area contributed by atoms with Crippen LogP contribution in [0.1, 0.15) is 12.7 Å². The fourth-order valence-electron chi connectivity index (χ4n) is 2.00. The van der Waals surface area contributed by atoms with Crippen LogP contribution in [-0.4, -0.2) is 36.4 Å². The van der Waals surface area contributed by atoms with E-state index in [4.69, 9.17) is 20.8 Å². The van der Waals surface area contributed by atoms with Crippen LogP contribution in [0.3, 0.4) is 0 Å². The van der Waals surface area contributed by atoms with Gasteiger partial charge in [-0.3, -0.25) is 9.59 Å². The molecule has 24 heavy (non-hydrogen) atoms. The van der Waals surface area contributed by atoms with Crippen LogP contribution in [0.4, 0.5) is 0 Å². The van der Waals surface area contributed by atoms with Crippen LogP contribution in [0.2, 0.25) is 5.02 Å². The van der Waals surface area contributed by atoms with E-state index in [1.165, 1.54) is 6.92 Å². The molecule has 0 aliphatic carbocycles. The molecule has 0 bridgehead atoms. The smallest absolute Gasteiger partial charge is 0.258 e. The highest BCUT2D eigenvalue weighted by Crippen LogP contribution is 2.15. The highest BCUT2D eigenvalue weighted by molar-refractivity contribution is 6.30. The largest absolute Gasteiger partial charge is 0.484 e. The maximum Gasteiger partial charge on any atom is 0.258 e. The number of hydrogen-bond acceptors (Lipinski definition) is 4. The van der Waals surface area contributed by atoms with Crippen molar-refractivity contribution in [2.45, 2.75) is 13.5 Å². The molecule has 2 rings (SSSR count). The highest BCUT2D eigenvalue weighted by Gasteiger charge is 2.11. The number of ether oxygens (including phenoxy) is 1.